The van der Waals surface area contributed by atoms with Crippen LogP contribution in [-0.2, 0) is 7.05 Å². The Kier molecular flexibility index (Phi) is 2.58. The third-order valence-electron chi connectivity index (χ3n) is 2.62. The van der Waals surface area contributed by atoms with Gasteiger partial charge in [0.05, 0.1) is 18.7 Å². The first-order chi connectivity index (χ1) is 7.20. The van der Waals surface area contributed by atoms with Crippen LogP contribution in [-0.4, -0.2) is 4.57 Å². The van der Waals surface area contributed by atoms with Crippen molar-refractivity contribution in [3.8, 4) is 11.4 Å². The molecule has 0 saturated heterocycles. The van der Waals surface area contributed by atoms with Crippen LogP contribution in [0.1, 0.15) is 19.9 Å². The van der Waals surface area contributed by atoms with E-state index in [1.54, 1.807) is 0 Å². The largest absolute Gasteiger partial charge is 0.288 e. The maximum absolute atomic E-state index is 2.29. The highest BCUT2D eigenvalue weighted by Gasteiger charge is 2.18. The minimum Gasteiger partial charge on any atom is -0.233 e. The Hall–Kier alpha value is -1.57. The van der Waals surface area contributed by atoms with Crippen LogP contribution in [0.3, 0.4) is 0 Å². The second-order valence-corrected chi connectivity index (χ2v) is 4.10. The van der Waals surface area contributed by atoms with E-state index < -0.39 is 0 Å². The predicted octanol–water partition coefficient (Wildman–Crippen LogP) is 2.56. The zero-order valence-corrected chi connectivity index (χ0v) is 9.51. The lowest BCUT2D eigenvalue weighted by Crippen LogP contribution is -2.29. The summed E-state index contributed by atoms with van der Waals surface area (Å²) in [5.41, 5.74) is 1.26. The molecule has 15 heavy (non-hydrogen) atoms. The summed E-state index contributed by atoms with van der Waals surface area (Å²) < 4.78 is 4.45. The van der Waals surface area contributed by atoms with Crippen molar-refractivity contribution in [1.29, 1.82) is 0 Å². The minimum absolute atomic E-state index is 0.487. The van der Waals surface area contributed by atoms with E-state index in [9.17, 15) is 0 Å². The van der Waals surface area contributed by atoms with Crippen molar-refractivity contribution in [2.75, 3.05) is 0 Å². The van der Waals surface area contributed by atoms with Gasteiger partial charge in [0.2, 0.25) is 0 Å². The fourth-order valence-electron chi connectivity index (χ4n) is 1.85. The molecule has 0 fully saturated rings. The number of nitrogens with zero attached hydrogens (tertiary/aromatic N) is 2. The van der Waals surface area contributed by atoms with Gasteiger partial charge in [0.25, 0.3) is 5.82 Å². The molecule has 2 nitrogen and oxygen atoms in total. The van der Waals surface area contributed by atoms with Crippen LogP contribution in [0.15, 0.2) is 42.7 Å². The number of benzene rings is 1. The molecule has 0 saturated carbocycles. The normalized spacial score (nSPS) is 10.9. The molecule has 2 heteroatoms. The van der Waals surface area contributed by atoms with E-state index in [0.29, 0.717) is 6.04 Å². The molecule has 0 radical (unpaired) electrons. The molecular weight excluding hydrogens is 184 g/mol. The van der Waals surface area contributed by atoms with Crippen molar-refractivity contribution in [2.24, 2.45) is 7.05 Å². The lowest BCUT2D eigenvalue weighted by atomic mass is 10.2. The zero-order valence-electron chi connectivity index (χ0n) is 9.51. The van der Waals surface area contributed by atoms with Crippen molar-refractivity contribution in [3.63, 3.8) is 0 Å². The number of aryl methyl sites for hydroxylation is 1. The standard InChI is InChI=1S/C13H17N2/c1-11(2)15-10-9-14(3)13(15)12-7-5-4-6-8-12/h4-11H,1-3H3/q+1. The molecule has 1 heterocycles. The van der Waals surface area contributed by atoms with E-state index in [-0.39, 0.29) is 0 Å². The van der Waals surface area contributed by atoms with Crippen LogP contribution < -0.4 is 4.57 Å². The Balaban J connectivity index is 2.57. The summed E-state index contributed by atoms with van der Waals surface area (Å²) in [6.07, 6.45) is 4.23. The predicted molar refractivity (Wildman–Crippen MR) is 61.4 cm³/mol. The van der Waals surface area contributed by atoms with Gasteiger partial charge in [-0.3, -0.25) is 0 Å². The molecule has 1 aromatic heterocycles. The van der Waals surface area contributed by atoms with Gasteiger partial charge in [-0.15, -0.1) is 0 Å². The van der Waals surface area contributed by atoms with E-state index in [0.717, 1.165) is 0 Å². The van der Waals surface area contributed by atoms with Crippen molar-refractivity contribution in [1.82, 2.24) is 4.57 Å². The first kappa shape index (κ1) is 9.97. The van der Waals surface area contributed by atoms with Crippen molar-refractivity contribution >= 4 is 0 Å². The van der Waals surface area contributed by atoms with Crippen LogP contribution in [0.25, 0.3) is 11.4 Å². The highest BCUT2D eigenvalue weighted by Crippen LogP contribution is 2.18. The Morgan fingerprint density at radius 3 is 2.40 bits per heavy atom. The summed E-state index contributed by atoms with van der Waals surface area (Å²) in [6.45, 7) is 4.40. The monoisotopic (exact) mass is 201 g/mol. The molecule has 0 bridgehead atoms. The Morgan fingerprint density at radius 2 is 1.80 bits per heavy atom. The molecule has 0 atom stereocenters. The van der Waals surface area contributed by atoms with Crippen LogP contribution in [0, 0.1) is 0 Å². The highest BCUT2D eigenvalue weighted by molar-refractivity contribution is 5.52. The summed E-state index contributed by atoms with van der Waals surface area (Å²) in [6, 6.07) is 11.0. The van der Waals surface area contributed by atoms with E-state index >= 15 is 0 Å². The molecule has 0 aliphatic heterocycles. The second-order valence-electron chi connectivity index (χ2n) is 4.10. The van der Waals surface area contributed by atoms with Gasteiger partial charge in [-0.1, -0.05) is 18.2 Å². The average molecular weight is 201 g/mol. The molecule has 1 aromatic carbocycles. The van der Waals surface area contributed by atoms with Gasteiger partial charge < -0.3 is 0 Å². The molecule has 0 aliphatic rings. The topological polar surface area (TPSA) is 8.81 Å². The van der Waals surface area contributed by atoms with Gasteiger partial charge in [-0.05, 0) is 26.0 Å². The maximum atomic E-state index is 2.29. The lowest BCUT2D eigenvalue weighted by Gasteiger charge is -2.05. The van der Waals surface area contributed by atoms with E-state index in [1.165, 1.54) is 11.4 Å². The van der Waals surface area contributed by atoms with Gasteiger partial charge in [0.1, 0.15) is 12.4 Å². The first-order valence-electron chi connectivity index (χ1n) is 5.32. The fraction of sp³-hybridized carbons (Fsp3) is 0.308. The first-order valence-corrected chi connectivity index (χ1v) is 5.32. The van der Waals surface area contributed by atoms with Gasteiger partial charge >= 0.3 is 0 Å². The summed E-state index contributed by atoms with van der Waals surface area (Å²) in [5.74, 6) is 1.26. The van der Waals surface area contributed by atoms with Crippen LogP contribution in [0.5, 0.6) is 0 Å². The molecule has 0 spiro atoms. The second kappa shape index (κ2) is 3.89. The van der Waals surface area contributed by atoms with Crippen LogP contribution in [0.4, 0.5) is 0 Å². The number of rotatable bonds is 2. The number of hydrogen-bond donors (Lipinski definition) is 0. The third kappa shape index (κ3) is 1.80. The number of hydrogen-bond acceptors (Lipinski definition) is 0. The van der Waals surface area contributed by atoms with Crippen LogP contribution in [0.2, 0.25) is 0 Å². The van der Waals surface area contributed by atoms with Gasteiger partial charge in [-0.25, -0.2) is 9.13 Å². The van der Waals surface area contributed by atoms with Gasteiger partial charge in [0.15, 0.2) is 0 Å². The minimum atomic E-state index is 0.487. The molecular formula is C13H17N2+. The molecule has 0 N–H and O–H groups in total. The van der Waals surface area contributed by atoms with Gasteiger partial charge in [0, 0.05) is 0 Å². The van der Waals surface area contributed by atoms with E-state index in [4.69, 9.17) is 0 Å². The molecule has 0 amide bonds. The SMILES string of the molecule is CC(C)n1cc[n+](C)c1-c1ccccc1. The summed E-state index contributed by atoms with van der Waals surface area (Å²) in [5, 5.41) is 0. The van der Waals surface area contributed by atoms with E-state index in [1.807, 2.05) is 6.07 Å². The third-order valence-corrected chi connectivity index (χ3v) is 2.62. The van der Waals surface area contributed by atoms with E-state index in [2.05, 4.69) is 66.7 Å². The van der Waals surface area contributed by atoms with Gasteiger partial charge in [-0.2, -0.15) is 0 Å². The Morgan fingerprint density at radius 1 is 1.13 bits per heavy atom. The molecule has 2 rings (SSSR count). The molecule has 0 aliphatic carbocycles. The summed E-state index contributed by atoms with van der Waals surface area (Å²) in [7, 11) is 2.08. The van der Waals surface area contributed by atoms with Crippen molar-refractivity contribution < 1.29 is 4.57 Å². The fourth-order valence-corrected chi connectivity index (χ4v) is 1.85. The molecule has 2 aromatic rings. The van der Waals surface area contributed by atoms with Crippen LogP contribution >= 0.6 is 0 Å². The maximum Gasteiger partial charge on any atom is 0.288 e. The number of aromatic nitrogens is 2. The summed E-state index contributed by atoms with van der Waals surface area (Å²) >= 11 is 0. The smallest absolute Gasteiger partial charge is 0.233 e. The quantitative estimate of drug-likeness (QED) is 0.660. The van der Waals surface area contributed by atoms with Crippen molar-refractivity contribution in [3.05, 3.63) is 42.7 Å². The van der Waals surface area contributed by atoms with Crippen molar-refractivity contribution in [2.45, 2.75) is 19.9 Å². The lowest BCUT2D eigenvalue weighted by molar-refractivity contribution is -0.659. The summed E-state index contributed by atoms with van der Waals surface area (Å²) in [4.78, 5) is 0. The Bertz CT molecular complexity index is 441. The average Bonchev–Trinajstić information content (AvgIpc) is 2.61. The Labute approximate surface area is 90.8 Å². The zero-order chi connectivity index (χ0) is 10.8. The number of imidazole rings is 1. The molecule has 0 unspecified atom stereocenters. The molecule has 78 valence electrons. The highest BCUT2D eigenvalue weighted by atomic mass is 15.1.